The Morgan fingerprint density at radius 1 is 0.923 bits per heavy atom. The number of para-hydroxylation sites is 1. The molecule has 0 bridgehead atoms. The second kappa shape index (κ2) is 12.0. The Morgan fingerprint density at radius 2 is 1.59 bits per heavy atom. The van der Waals surface area contributed by atoms with Crippen LogP contribution >= 0.6 is 11.3 Å². The summed E-state index contributed by atoms with van der Waals surface area (Å²) in [5.41, 5.74) is 4.65. The summed E-state index contributed by atoms with van der Waals surface area (Å²) in [6.07, 6.45) is 1.53. The molecule has 3 aromatic carbocycles. The molecule has 0 fully saturated rings. The fraction of sp³-hybridized carbons (Fsp3) is 0.194. The maximum Gasteiger partial charge on any atom is 0.407 e. The van der Waals surface area contributed by atoms with Gasteiger partial charge in [-0.1, -0.05) is 104 Å². The molecule has 5 rings (SSSR count). The summed E-state index contributed by atoms with van der Waals surface area (Å²) in [5, 5.41) is 7.19. The molecule has 0 saturated heterocycles. The van der Waals surface area contributed by atoms with Crippen molar-refractivity contribution in [2.75, 3.05) is 11.9 Å². The number of nitrogens with one attached hydrogen (secondary N) is 3. The molecule has 0 aliphatic rings. The van der Waals surface area contributed by atoms with Crippen LogP contribution in [0.25, 0.3) is 32.6 Å². The van der Waals surface area contributed by atoms with Crippen molar-refractivity contribution < 1.29 is 14.3 Å². The second-order valence-electron chi connectivity index (χ2n) is 9.67. The van der Waals surface area contributed by atoms with Crippen LogP contribution in [0.4, 0.5) is 9.93 Å². The lowest BCUT2D eigenvalue weighted by Gasteiger charge is -2.18. The maximum atomic E-state index is 13.6. The molecular formula is C31H30N4O3S. The third kappa shape index (κ3) is 6.35. The summed E-state index contributed by atoms with van der Waals surface area (Å²) >= 11 is 1.40. The van der Waals surface area contributed by atoms with Crippen LogP contribution in [0, 0.1) is 5.92 Å². The smallest absolute Gasteiger partial charge is 0.407 e. The minimum Gasteiger partial charge on any atom is -0.449 e. The van der Waals surface area contributed by atoms with E-state index in [1.165, 1.54) is 11.3 Å². The van der Waals surface area contributed by atoms with Crippen molar-refractivity contribution in [3.63, 3.8) is 0 Å². The zero-order chi connectivity index (χ0) is 27.2. The van der Waals surface area contributed by atoms with Gasteiger partial charge in [0.1, 0.15) is 6.04 Å². The molecule has 0 radical (unpaired) electrons. The summed E-state index contributed by atoms with van der Waals surface area (Å²) in [6, 6.07) is 26.9. The number of amides is 2. The Labute approximate surface area is 231 Å². The summed E-state index contributed by atoms with van der Waals surface area (Å²) in [7, 11) is 0. The lowest BCUT2D eigenvalue weighted by Crippen LogP contribution is -2.45. The van der Waals surface area contributed by atoms with E-state index in [-0.39, 0.29) is 24.9 Å². The lowest BCUT2D eigenvalue weighted by atomic mass is 10.0. The number of nitrogens with zero attached hydrogens (tertiary/aromatic N) is 1. The number of ether oxygens (including phenoxy) is 1. The normalized spacial score (nSPS) is 11.9. The number of fused-ring (bicyclic) bond motifs is 1. The zero-order valence-electron chi connectivity index (χ0n) is 21.8. The molecular weight excluding hydrogens is 508 g/mol. The van der Waals surface area contributed by atoms with Crippen molar-refractivity contribution in [2.24, 2.45) is 5.92 Å². The summed E-state index contributed by atoms with van der Waals surface area (Å²) in [5.74, 6) is -0.186. The summed E-state index contributed by atoms with van der Waals surface area (Å²) in [4.78, 5) is 35.2. The molecule has 0 aliphatic carbocycles. The van der Waals surface area contributed by atoms with E-state index in [9.17, 15) is 9.59 Å². The molecule has 8 heteroatoms. The van der Waals surface area contributed by atoms with E-state index in [4.69, 9.17) is 9.72 Å². The van der Waals surface area contributed by atoms with Gasteiger partial charge in [-0.3, -0.25) is 4.79 Å². The first kappa shape index (κ1) is 26.2. The van der Waals surface area contributed by atoms with Gasteiger partial charge in [0.2, 0.25) is 5.91 Å². The molecule has 198 valence electrons. The Hall–Kier alpha value is -4.43. The van der Waals surface area contributed by atoms with Crippen LogP contribution in [0.2, 0.25) is 0 Å². The average Bonchev–Trinajstić information content (AvgIpc) is 3.57. The predicted molar refractivity (Wildman–Crippen MR) is 157 cm³/mol. The highest BCUT2D eigenvalue weighted by Gasteiger charge is 2.25. The first-order chi connectivity index (χ1) is 19.0. The van der Waals surface area contributed by atoms with E-state index in [1.807, 2.05) is 105 Å². The van der Waals surface area contributed by atoms with Crippen LogP contribution in [0.15, 0.2) is 91.1 Å². The van der Waals surface area contributed by atoms with Gasteiger partial charge in [0.25, 0.3) is 0 Å². The van der Waals surface area contributed by atoms with Gasteiger partial charge in [-0.2, -0.15) is 0 Å². The van der Waals surface area contributed by atoms with E-state index in [0.29, 0.717) is 5.13 Å². The minimum atomic E-state index is -0.867. The number of alkyl carbamates (subject to hydrolysis) is 1. The number of aromatic amines is 1. The first-order valence-electron chi connectivity index (χ1n) is 12.9. The molecule has 5 aromatic rings. The third-order valence-corrected chi connectivity index (χ3v) is 7.22. The van der Waals surface area contributed by atoms with Crippen LogP contribution in [0.3, 0.4) is 0 Å². The van der Waals surface area contributed by atoms with Gasteiger partial charge in [-0.05, 0) is 23.1 Å². The molecule has 0 spiro atoms. The van der Waals surface area contributed by atoms with Gasteiger partial charge in [0, 0.05) is 29.1 Å². The van der Waals surface area contributed by atoms with Crippen LogP contribution in [0.5, 0.6) is 0 Å². The highest BCUT2D eigenvalue weighted by molar-refractivity contribution is 7.19. The standard InChI is InChI=1S/C31H30N4O3S/c1-20(2)19-38-31(37)33-26(17-23-18-32-25-16-10-9-15-24(23)25)29(36)35-30-34-27(21-11-5-3-6-12-21)28(39-30)22-13-7-4-8-14-22/h3-16,18,20,26,32H,17,19H2,1-2H3,(H,33,37)(H,34,35,36)/t26-/m0/s1. The van der Waals surface area contributed by atoms with Gasteiger partial charge in [0.15, 0.2) is 5.13 Å². The number of hydrogen-bond acceptors (Lipinski definition) is 5. The van der Waals surface area contributed by atoms with Gasteiger partial charge >= 0.3 is 6.09 Å². The Balaban J connectivity index is 1.43. The quantitative estimate of drug-likeness (QED) is 0.190. The molecule has 0 unspecified atom stereocenters. The number of anilines is 1. The van der Waals surface area contributed by atoms with E-state index in [1.54, 1.807) is 0 Å². The molecule has 3 N–H and O–H groups in total. The summed E-state index contributed by atoms with van der Waals surface area (Å²) < 4.78 is 5.33. The minimum absolute atomic E-state index is 0.180. The number of carbonyl (C=O) groups excluding carboxylic acids is 2. The highest BCUT2D eigenvalue weighted by Crippen LogP contribution is 2.39. The van der Waals surface area contributed by atoms with Crippen LogP contribution in [-0.2, 0) is 16.0 Å². The molecule has 1 atom stereocenters. The number of carbonyl (C=O) groups is 2. The van der Waals surface area contributed by atoms with Gasteiger partial charge in [-0.25, -0.2) is 9.78 Å². The number of aromatic nitrogens is 2. The van der Waals surface area contributed by atoms with Crippen molar-refractivity contribution in [2.45, 2.75) is 26.3 Å². The molecule has 0 saturated carbocycles. The average molecular weight is 539 g/mol. The Kier molecular flexibility index (Phi) is 8.03. The van der Waals surface area contributed by atoms with Crippen molar-refractivity contribution >= 4 is 39.4 Å². The van der Waals surface area contributed by atoms with E-state index >= 15 is 0 Å². The number of H-pyrrole nitrogens is 1. The van der Waals surface area contributed by atoms with Gasteiger partial charge in [0.05, 0.1) is 17.2 Å². The van der Waals surface area contributed by atoms with Crippen molar-refractivity contribution in [3.05, 3.63) is 96.7 Å². The fourth-order valence-corrected chi connectivity index (χ4v) is 5.29. The molecule has 2 heterocycles. The lowest BCUT2D eigenvalue weighted by molar-refractivity contribution is -0.118. The van der Waals surface area contributed by atoms with Crippen LogP contribution in [0.1, 0.15) is 19.4 Å². The molecule has 2 aromatic heterocycles. The topological polar surface area (TPSA) is 96.1 Å². The predicted octanol–water partition coefficient (Wildman–Crippen LogP) is 6.89. The Bertz CT molecular complexity index is 1500. The van der Waals surface area contributed by atoms with Crippen molar-refractivity contribution in [3.8, 4) is 21.7 Å². The molecule has 39 heavy (non-hydrogen) atoms. The van der Waals surface area contributed by atoms with Gasteiger partial charge < -0.3 is 20.4 Å². The fourth-order valence-electron chi connectivity index (χ4n) is 4.30. The second-order valence-corrected chi connectivity index (χ2v) is 10.7. The van der Waals surface area contributed by atoms with Crippen LogP contribution < -0.4 is 10.6 Å². The van der Waals surface area contributed by atoms with Crippen molar-refractivity contribution in [1.29, 1.82) is 0 Å². The number of rotatable bonds is 9. The largest absolute Gasteiger partial charge is 0.449 e. The highest BCUT2D eigenvalue weighted by atomic mass is 32.1. The first-order valence-corrected chi connectivity index (χ1v) is 13.7. The Morgan fingerprint density at radius 3 is 2.31 bits per heavy atom. The maximum absolute atomic E-state index is 13.6. The van der Waals surface area contributed by atoms with Gasteiger partial charge in [-0.15, -0.1) is 0 Å². The number of benzene rings is 3. The van der Waals surface area contributed by atoms with E-state index in [2.05, 4.69) is 15.6 Å². The van der Waals surface area contributed by atoms with Crippen LogP contribution in [-0.4, -0.2) is 34.6 Å². The summed E-state index contributed by atoms with van der Waals surface area (Å²) in [6.45, 7) is 4.18. The monoisotopic (exact) mass is 538 g/mol. The number of thiazole rings is 1. The number of hydrogen-bond donors (Lipinski definition) is 3. The molecule has 7 nitrogen and oxygen atoms in total. The SMILES string of the molecule is CC(C)COC(=O)N[C@@H](Cc1c[nH]c2ccccc12)C(=O)Nc1nc(-c2ccccc2)c(-c2ccccc2)s1. The van der Waals surface area contributed by atoms with E-state index in [0.717, 1.165) is 38.2 Å². The van der Waals surface area contributed by atoms with Crippen molar-refractivity contribution in [1.82, 2.24) is 15.3 Å². The molecule has 2 amide bonds. The molecule has 0 aliphatic heterocycles. The van der Waals surface area contributed by atoms with E-state index < -0.39 is 12.1 Å². The third-order valence-electron chi connectivity index (χ3n) is 6.20. The zero-order valence-corrected chi connectivity index (χ0v) is 22.6.